The predicted octanol–water partition coefficient (Wildman–Crippen LogP) is 11.8. The van der Waals surface area contributed by atoms with Crippen molar-refractivity contribution in [2.45, 2.75) is 0 Å². The third kappa shape index (κ3) is 3.81. The lowest BCUT2D eigenvalue weighted by Crippen LogP contribution is -1.96. The zero-order valence-corrected chi connectivity index (χ0v) is 27.0. The summed E-state index contributed by atoms with van der Waals surface area (Å²) in [6.07, 6.45) is 5.34. The first kappa shape index (κ1) is 27.2. The fourth-order valence-electron chi connectivity index (χ4n) is 8.30. The smallest absolute Gasteiger partial charge is 0.115 e. The molecule has 0 N–H and O–H groups in total. The van der Waals surface area contributed by atoms with Gasteiger partial charge in [-0.1, -0.05) is 115 Å². The van der Waals surface area contributed by atoms with Crippen molar-refractivity contribution in [3.63, 3.8) is 0 Å². The summed E-state index contributed by atoms with van der Waals surface area (Å²) in [5.74, 6) is 0. The van der Waals surface area contributed by atoms with Gasteiger partial charge in [0.25, 0.3) is 0 Å². The number of para-hydroxylation sites is 2. The molecule has 0 atom stereocenters. The van der Waals surface area contributed by atoms with Crippen LogP contribution in [0.15, 0.2) is 170 Å². The van der Waals surface area contributed by atoms with Gasteiger partial charge in [-0.3, -0.25) is 0 Å². The van der Waals surface area contributed by atoms with Crippen molar-refractivity contribution < 1.29 is 0 Å². The minimum Gasteiger partial charge on any atom is -0.309 e. The summed E-state index contributed by atoms with van der Waals surface area (Å²) in [6, 6.07) is 55.6. The fourth-order valence-corrected chi connectivity index (χ4v) is 8.30. The summed E-state index contributed by atoms with van der Waals surface area (Å²) in [6.45, 7) is 0. The summed E-state index contributed by atoms with van der Waals surface area (Å²) >= 11 is 0. The van der Waals surface area contributed by atoms with Crippen molar-refractivity contribution in [2.24, 2.45) is 0 Å². The summed E-state index contributed by atoms with van der Waals surface area (Å²) in [5.41, 5.74) is 9.09. The quantitative estimate of drug-likeness (QED) is 0.181. The molecule has 0 bridgehead atoms. The number of aromatic nitrogens is 4. The van der Waals surface area contributed by atoms with E-state index in [1.54, 1.807) is 6.33 Å². The van der Waals surface area contributed by atoms with E-state index in [9.17, 15) is 0 Å². The summed E-state index contributed by atoms with van der Waals surface area (Å²) < 4.78 is 4.71. The van der Waals surface area contributed by atoms with Gasteiger partial charge in [0.2, 0.25) is 0 Å². The van der Waals surface area contributed by atoms with Crippen molar-refractivity contribution in [1.82, 2.24) is 19.1 Å². The van der Waals surface area contributed by atoms with Crippen molar-refractivity contribution in [3.05, 3.63) is 170 Å². The molecule has 0 aliphatic heterocycles. The predicted molar refractivity (Wildman–Crippen MR) is 209 cm³/mol. The molecule has 0 aliphatic rings. The number of hydrogen-bond donors (Lipinski definition) is 0. The average Bonchev–Trinajstić information content (AvgIpc) is 3.70. The Kier molecular flexibility index (Phi) is 5.63. The number of rotatable bonds is 3. The van der Waals surface area contributed by atoms with E-state index in [0.29, 0.717) is 0 Å². The maximum absolute atomic E-state index is 4.34. The van der Waals surface area contributed by atoms with E-state index in [0.717, 1.165) is 28.0 Å². The van der Waals surface area contributed by atoms with Gasteiger partial charge in [0, 0.05) is 27.2 Å². The zero-order chi connectivity index (χ0) is 32.8. The van der Waals surface area contributed by atoms with Crippen molar-refractivity contribution in [3.8, 4) is 22.5 Å². The van der Waals surface area contributed by atoms with Gasteiger partial charge in [-0.05, 0) is 79.8 Å². The number of hydrogen-bond acceptors (Lipinski definition) is 2. The highest BCUT2D eigenvalue weighted by Crippen LogP contribution is 2.40. The molecule has 3 aromatic heterocycles. The van der Waals surface area contributed by atoms with Crippen molar-refractivity contribution in [2.75, 3.05) is 0 Å². The molecular weight excluding hydrogens is 609 g/mol. The molecule has 0 amide bonds. The van der Waals surface area contributed by atoms with E-state index in [1.807, 2.05) is 12.4 Å². The van der Waals surface area contributed by atoms with E-state index in [2.05, 4.69) is 171 Å². The topological polar surface area (TPSA) is 35.6 Å². The van der Waals surface area contributed by atoms with Gasteiger partial charge in [0.15, 0.2) is 0 Å². The van der Waals surface area contributed by atoms with Gasteiger partial charge in [-0.15, -0.1) is 0 Å². The Balaban J connectivity index is 1.17. The first-order valence-electron chi connectivity index (χ1n) is 17.0. The second-order valence-corrected chi connectivity index (χ2v) is 13.1. The minimum atomic E-state index is 0.947. The van der Waals surface area contributed by atoms with Gasteiger partial charge >= 0.3 is 0 Å². The Morgan fingerprint density at radius 2 is 0.700 bits per heavy atom. The highest BCUT2D eigenvalue weighted by atomic mass is 15.0. The summed E-state index contributed by atoms with van der Waals surface area (Å²) in [4.78, 5) is 8.69. The SMILES string of the molecule is c1ccc2c(c1)c1ccccc1c1cc(-n3c4ccccc4c4ccc(-c5ccc6c7ccccc7n(-c7cncnc7)c6c5)cc43)ccc21. The lowest BCUT2D eigenvalue weighted by molar-refractivity contribution is 1.07. The number of fused-ring (bicyclic) bond motifs is 12. The first-order valence-corrected chi connectivity index (χ1v) is 17.0. The van der Waals surface area contributed by atoms with Crippen molar-refractivity contribution in [1.29, 1.82) is 0 Å². The van der Waals surface area contributed by atoms with E-state index >= 15 is 0 Å². The molecule has 3 heterocycles. The molecule has 50 heavy (non-hydrogen) atoms. The fraction of sp³-hybridized carbons (Fsp3) is 0. The highest BCUT2D eigenvalue weighted by molar-refractivity contribution is 6.25. The van der Waals surface area contributed by atoms with Gasteiger partial charge in [-0.2, -0.15) is 0 Å². The molecule has 4 heteroatoms. The molecule has 11 aromatic rings. The van der Waals surface area contributed by atoms with Gasteiger partial charge in [-0.25, -0.2) is 9.97 Å². The highest BCUT2D eigenvalue weighted by Gasteiger charge is 2.17. The monoisotopic (exact) mass is 636 g/mol. The minimum absolute atomic E-state index is 0.947. The van der Waals surface area contributed by atoms with Crippen LogP contribution < -0.4 is 0 Å². The maximum Gasteiger partial charge on any atom is 0.115 e. The zero-order valence-electron chi connectivity index (χ0n) is 27.0. The molecule has 232 valence electrons. The molecule has 0 spiro atoms. The number of benzene rings is 8. The third-order valence-electron chi connectivity index (χ3n) is 10.5. The van der Waals surface area contributed by atoms with Crippen LogP contribution in [0.2, 0.25) is 0 Å². The molecule has 0 saturated carbocycles. The molecule has 11 rings (SSSR count). The molecule has 4 nitrogen and oxygen atoms in total. The van der Waals surface area contributed by atoms with Gasteiger partial charge in [0.1, 0.15) is 6.33 Å². The Bertz CT molecular complexity index is 3110. The summed E-state index contributed by atoms with van der Waals surface area (Å²) in [5, 5.41) is 12.6. The Morgan fingerprint density at radius 1 is 0.300 bits per heavy atom. The van der Waals surface area contributed by atoms with E-state index in [1.165, 1.54) is 70.5 Å². The average molecular weight is 637 g/mol. The Morgan fingerprint density at radius 3 is 1.24 bits per heavy atom. The molecule has 0 unspecified atom stereocenters. The van der Waals surface area contributed by atoms with Gasteiger partial charge in [0.05, 0.1) is 40.1 Å². The van der Waals surface area contributed by atoms with Gasteiger partial charge < -0.3 is 9.13 Å². The molecule has 0 aliphatic carbocycles. The van der Waals surface area contributed by atoms with Crippen LogP contribution >= 0.6 is 0 Å². The second kappa shape index (κ2) is 10.4. The molecular formula is C46H28N4. The van der Waals surface area contributed by atoms with E-state index in [-0.39, 0.29) is 0 Å². The lowest BCUT2D eigenvalue weighted by Gasteiger charge is -2.14. The number of nitrogens with zero attached hydrogens (tertiary/aromatic N) is 4. The van der Waals surface area contributed by atoms with E-state index in [4.69, 9.17) is 0 Å². The lowest BCUT2D eigenvalue weighted by atomic mass is 9.94. The summed E-state index contributed by atoms with van der Waals surface area (Å²) in [7, 11) is 0. The standard InChI is InChI=1S/C46H28N4/c1-2-11-35-33(9-1)34-10-3-4-12-36(34)42-25-31(19-22-37(35)42)49-43-15-7-5-13-38(43)40-20-17-29(23-45(40)49)30-18-21-41-39-14-6-8-16-44(39)50(46(41)24-30)32-26-47-28-48-27-32/h1-28H. The first-order chi connectivity index (χ1) is 24.8. The van der Waals surface area contributed by atoms with Crippen LogP contribution in [0.4, 0.5) is 0 Å². The van der Waals surface area contributed by atoms with Crippen LogP contribution in [0.1, 0.15) is 0 Å². The van der Waals surface area contributed by atoms with Crippen LogP contribution in [0.25, 0.3) is 98.4 Å². The third-order valence-corrected chi connectivity index (χ3v) is 10.5. The van der Waals surface area contributed by atoms with Crippen LogP contribution in [-0.2, 0) is 0 Å². The van der Waals surface area contributed by atoms with Crippen LogP contribution in [-0.4, -0.2) is 19.1 Å². The maximum atomic E-state index is 4.34. The largest absolute Gasteiger partial charge is 0.309 e. The molecule has 8 aromatic carbocycles. The van der Waals surface area contributed by atoms with Crippen LogP contribution in [0.5, 0.6) is 0 Å². The van der Waals surface area contributed by atoms with Crippen molar-refractivity contribution >= 4 is 75.9 Å². The normalized spacial score (nSPS) is 12.0. The molecule has 0 saturated heterocycles. The van der Waals surface area contributed by atoms with Crippen LogP contribution in [0.3, 0.4) is 0 Å². The van der Waals surface area contributed by atoms with Crippen LogP contribution in [0, 0.1) is 0 Å². The Labute approximate surface area is 287 Å². The Hall–Kier alpha value is -6.78. The molecule has 0 radical (unpaired) electrons. The van der Waals surface area contributed by atoms with E-state index < -0.39 is 0 Å². The second-order valence-electron chi connectivity index (χ2n) is 13.1. The molecule has 0 fully saturated rings.